The summed E-state index contributed by atoms with van der Waals surface area (Å²) in [6, 6.07) is 12.8. The number of aromatic nitrogens is 1. The van der Waals surface area contributed by atoms with Crippen LogP contribution in [0.25, 0.3) is 11.3 Å². The molecule has 6 nitrogen and oxygen atoms in total. The van der Waals surface area contributed by atoms with Crippen LogP contribution in [0.4, 0.5) is 13.2 Å². The van der Waals surface area contributed by atoms with Crippen molar-refractivity contribution in [2.24, 2.45) is 0 Å². The molecule has 1 N–H and O–H groups in total. The monoisotopic (exact) mass is 487 g/mol. The number of morpholine rings is 1. The number of nitrogens with one attached hydrogen (secondary N) is 1. The lowest BCUT2D eigenvalue weighted by Crippen LogP contribution is -2.43. The topological polar surface area (TPSA) is 67.6 Å². The van der Waals surface area contributed by atoms with Crippen LogP contribution < -0.4 is 5.32 Å². The van der Waals surface area contributed by atoms with Crippen LogP contribution >= 0.6 is 0 Å². The minimum atomic E-state index is -4.39. The summed E-state index contributed by atoms with van der Waals surface area (Å²) in [5.74, 6) is 0.948. The molecule has 4 rings (SSSR count). The van der Waals surface area contributed by atoms with Gasteiger partial charge in [0.1, 0.15) is 0 Å². The normalized spacial score (nSPS) is 15.7. The molecule has 1 fully saturated rings. The number of carbonyl (C=O) groups is 1. The number of hydrogen-bond donors (Lipinski definition) is 1. The molecule has 1 atom stereocenters. The third-order valence-electron chi connectivity index (χ3n) is 6.06. The van der Waals surface area contributed by atoms with Crippen LogP contribution in [0.15, 0.2) is 59.1 Å². The van der Waals surface area contributed by atoms with Crippen molar-refractivity contribution in [1.29, 1.82) is 0 Å². The Morgan fingerprint density at radius 1 is 1.09 bits per heavy atom. The Kier molecular flexibility index (Phi) is 7.87. The Balaban J connectivity index is 1.35. The Morgan fingerprint density at radius 3 is 2.43 bits per heavy atom. The molecule has 1 amide bonds. The number of ether oxygens (including phenoxy) is 1. The molecule has 0 spiro atoms. The van der Waals surface area contributed by atoms with E-state index in [1.165, 1.54) is 12.1 Å². The molecule has 1 aliphatic heterocycles. The minimum absolute atomic E-state index is 0.176. The second kappa shape index (κ2) is 11.0. The zero-order valence-electron chi connectivity index (χ0n) is 19.5. The summed E-state index contributed by atoms with van der Waals surface area (Å²) in [6.07, 6.45) is -2.20. The summed E-state index contributed by atoms with van der Waals surface area (Å²) in [5.41, 5.74) is 2.10. The van der Waals surface area contributed by atoms with Gasteiger partial charge in [-0.05, 0) is 24.6 Å². The zero-order valence-corrected chi connectivity index (χ0v) is 19.5. The molecule has 9 heteroatoms. The maximum atomic E-state index is 13.0. The molecule has 2 aromatic carbocycles. The van der Waals surface area contributed by atoms with Crippen molar-refractivity contribution in [3.63, 3.8) is 0 Å². The number of rotatable bonds is 8. The quantitative estimate of drug-likeness (QED) is 0.495. The lowest BCUT2D eigenvalue weighted by Gasteiger charge is -2.35. The molecule has 2 heterocycles. The zero-order chi connectivity index (χ0) is 24.8. The van der Waals surface area contributed by atoms with Crippen LogP contribution in [0.2, 0.25) is 0 Å². The van der Waals surface area contributed by atoms with E-state index in [0.717, 1.165) is 28.8 Å². The number of hydrogen-bond acceptors (Lipinski definition) is 5. The first-order chi connectivity index (χ1) is 16.8. The number of nitrogens with zero attached hydrogens (tertiary/aromatic N) is 2. The second-order valence-electron chi connectivity index (χ2n) is 8.57. The summed E-state index contributed by atoms with van der Waals surface area (Å²) in [6.45, 7) is 4.65. The summed E-state index contributed by atoms with van der Waals surface area (Å²) in [4.78, 5) is 19.0. The molecule has 0 aliphatic carbocycles. The van der Waals surface area contributed by atoms with E-state index in [4.69, 9.17) is 9.15 Å². The fourth-order valence-corrected chi connectivity index (χ4v) is 4.04. The highest BCUT2D eigenvalue weighted by atomic mass is 19.4. The van der Waals surface area contributed by atoms with Gasteiger partial charge in [-0.25, -0.2) is 4.98 Å². The Morgan fingerprint density at radius 2 is 1.77 bits per heavy atom. The number of carbonyl (C=O) groups excluding carboxylic acids is 1. The smallest absolute Gasteiger partial charge is 0.416 e. The predicted octanol–water partition coefficient (Wildman–Crippen LogP) is 4.79. The first kappa shape index (κ1) is 24.9. The summed E-state index contributed by atoms with van der Waals surface area (Å²) in [5, 5.41) is 2.93. The molecule has 186 valence electrons. The third-order valence-corrected chi connectivity index (χ3v) is 6.06. The standard InChI is InChI=1S/C26H28F3N3O3/c1-18-2-4-20(5-3-18)23-17-31-25(35-23)11-10-24(33)30-16-22(32-12-14-34-15-13-32)19-6-8-21(9-7-19)26(27,28)29/h2-9,17,22H,10-16H2,1H3,(H,30,33). The van der Waals surface area contributed by atoms with Gasteiger partial charge in [0.25, 0.3) is 0 Å². The number of alkyl halides is 3. The van der Waals surface area contributed by atoms with Crippen LogP contribution in [0.1, 0.15) is 35.0 Å². The van der Waals surface area contributed by atoms with Crippen LogP contribution in [-0.2, 0) is 22.1 Å². The van der Waals surface area contributed by atoms with E-state index in [9.17, 15) is 18.0 Å². The van der Waals surface area contributed by atoms with Gasteiger partial charge in [0.05, 0.1) is 31.0 Å². The molecule has 0 saturated carbocycles. The lowest BCUT2D eigenvalue weighted by molar-refractivity contribution is -0.137. The highest BCUT2D eigenvalue weighted by molar-refractivity contribution is 5.76. The number of oxazole rings is 1. The number of halogens is 3. The van der Waals surface area contributed by atoms with Gasteiger partial charge >= 0.3 is 6.18 Å². The van der Waals surface area contributed by atoms with E-state index < -0.39 is 11.7 Å². The van der Waals surface area contributed by atoms with E-state index in [0.29, 0.717) is 44.4 Å². The van der Waals surface area contributed by atoms with Crippen LogP contribution in [-0.4, -0.2) is 48.6 Å². The van der Waals surface area contributed by atoms with E-state index in [2.05, 4.69) is 15.2 Å². The minimum Gasteiger partial charge on any atom is -0.441 e. The van der Waals surface area contributed by atoms with E-state index >= 15 is 0 Å². The molecule has 35 heavy (non-hydrogen) atoms. The van der Waals surface area contributed by atoms with Gasteiger partial charge < -0.3 is 14.5 Å². The van der Waals surface area contributed by atoms with Crippen LogP contribution in [0.5, 0.6) is 0 Å². The Hall–Kier alpha value is -3.17. The van der Waals surface area contributed by atoms with Crippen molar-refractivity contribution in [3.05, 3.63) is 77.3 Å². The second-order valence-corrected chi connectivity index (χ2v) is 8.57. The van der Waals surface area contributed by atoms with E-state index in [-0.39, 0.29) is 24.9 Å². The average Bonchev–Trinajstić information content (AvgIpc) is 3.33. The molecule has 1 saturated heterocycles. The average molecular weight is 488 g/mol. The van der Waals surface area contributed by atoms with Crippen LogP contribution in [0, 0.1) is 6.92 Å². The van der Waals surface area contributed by atoms with Crippen LogP contribution in [0.3, 0.4) is 0 Å². The van der Waals surface area contributed by atoms with Gasteiger partial charge in [0.15, 0.2) is 11.7 Å². The van der Waals surface area contributed by atoms with Crippen molar-refractivity contribution < 1.29 is 27.1 Å². The maximum Gasteiger partial charge on any atom is 0.416 e. The maximum absolute atomic E-state index is 13.0. The lowest BCUT2D eigenvalue weighted by atomic mass is 10.0. The Bertz CT molecular complexity index is 1110. The van der Waals surface area contributed by atoms with Crippen molar-refractivity contribution in [3.8, 4) is 11.3 Å². The van der Waals surface area contributed by atoms with E-state index in [1.807, 2.05) is 31.2 Å². The highest BCUT2D eigenvalue weighted by Gasteiger charge is 2.31. The third kappa shape index (κ3) is 6.70. The molecule has 1 aromatic heterocycles. The van der Waals surface area contributed by atoms with Gasteiger partial charge in [-0.2, -0.15) is 13.2 Å². The number of amides is 1. The largest absolute Gasteiger partial charge is 0.441 e. The van der Waals surface area contributed by atoms with Crippen molar-refractivity contribution in [2.45, 2.75) is 32.0 Å². The van der Waals surface area contributed by atoms with Gasteiger partial charge in [-0.15, -0.1) is 0 Å². The van der Waals surface area contributed by atoms with Gasteiger partial charge in [-0.3, -0.25) is 9.69 Å². The SMILES string of the molecule is Cc1ccc(-c2cnc(CCC(=O)NCC(c3ccc(C(F)(F)F)cc3)N3CCOCC3)o2)cc1. The van der Waals surface area contributed by atoms with Crippen molar-refractivity contribution in [1.82, 2.24) is 15.2 Å². The van der Waals surface area contributed by atoms with E-state index in [1.54, 1.807) is 6.20 Å². The molecular weight excluding hydrogens is 459 g/mol. The fraction of sp³-hybridized carbons (Fsp3) is 0.385. The van der Waals surface area contributed by atoms with Crippen molar-refractivity contribution in [2.75, 3.05) is 32.8 Å². The molecule has 1 unspecified atom stereocenters. The Labute approximate surface area is 202 Å². The molecule has 0 radical (unpaired) electrons. The van der Waals surface area contributed by atoms with Gasteiger partial charge in [0, 0.05) is 38.0 Å². The number of aryl methyl sites for hydroxylation is 2. The first-order valence-electron chi connectivity index (χ1n) is 11.6. The predicted molar refractivity (Wildman–Crippen MR) is 125 cm³/mol. The van der Waals surface area contributed by atoms with Gasteiger partial charge in [0.2, 0.25) is 5.91 Å². The summed E-state index contributed by atoms with van der Waals surface area (Å²) in [7, 11) is 0. The number of benzene rings is 2. The van der Waals surface area contributed by atoms with Crippen molar-refractivity contribution >= 4 is 5.91 Å². The molecular formula is C26H28F3N3O3. The first-order valence-corrected chi connectivity index (χ1v) is 11.6. The molecule has 1 aliphatic rings. The summed E-state index contributed by atoms with van der Waals surface area (Å²) < 4.78 is 50.1. The molecule has 3 aromatic rings. The molecule has 0 bridgehead atoms. The summed E-state index contributed by atoms with van der Waals surface area (Å²) >= 11 is 0. The highest BCUT2D eigenvalue weighted by Crippen LogP contribution is 2.31. The van der Waals surface area contributed by atoms with Gasteiger partial charge in [-0.1, -0.05) is 42.0 Å². The fourth-order valence-electron chi connectivity index (χ4n) is 4.04.